The third-order valence-corrected chi connectivity index (χ3v) is 5.54. The number of hydrogen-bond acceptors (Lipinski definition) is 7. The van der Waals surface area contributed by atoms with Crippen molar-refractivity contribution >= 4 is 40.9 Å². The zero-order chi connectivity index (χ0) is 17.5. The summed E-state index contributed by atoms with van der Waals surface area (Å²) in [7, 11) is 1.57. The molecule has 1 aromatic rings. The van der Waals surface area contributed by atoms with Crippen molar-refractivity contribution in [3.8, 4) is 5.75 Å². The van der Waals surface area contributed by atoms with Crippen molar-refractivity contribution in [1.82, 2.24) is 5.01 Å². The lowest BCUT2D eigenvalue weighted by atomic mass is 10.1. The summed E-state index contributed by atoms with van der Waals surface area (Å²) < 4.78 is 5.32. The summed E-state index contributed by atoms with van der Waals surface area (Å²) in [5.74, 6) is 2.55. The molecule has 0 unspecified atom stereocenters. The van der Waals surface area contributed by atoms with E-state index in [4.69, 9.17) is 10.5 Å². The highest BCUT2D eigenvalue weighted by atomic mass is 32.2. The number of benzene rings is 1. The molecule has 0 amide bonds. The van der Waals surface area contributed by atoms with E-state index in [9.17, 15) is 9.90 Å². The van der Waals surface area contributed by atoms with Crippen LogP contribution in [0.3, 0.4) is 0 Å². The Balaban J connectivity index is 2.38. The fraction of sp³-hybridized carbons (Fsp3) is 0.562. The summed E-state index contributed by atoms with van der Waals surface area (Å²) in [4.78, 5) is 11.9. The van der Waals surface area contributed by atoms with Gasteiger partial charge in [-0.25, -0.2) is 9.80 Å². The predicted molar refractivity (Wildman–Crippen MR) is 103 cm³/mol. The van der Waals surface area contributed by atoms with E-state index in [1.165, 1.54) is 0 Å². The third kappa shape index (κ3) is 4.64. The molecule has 134 valence electrons. The van der Waals surface area contributed by atoms with Crippen molar-refractivity contribution in [3.63, 3.8) is 0 Å². The maximum atomic E-state index is 11.9. The number of methoxy groups -OCH3 is 1. The van der Waals surface area contributed by atoms with Gasteiger partial charge in [-0.3, -0.25) is 5.01 Å². The van der Waals surface area contributed by atoms with Gasteiger partial charge in [-0.15, -0.1) is 0 Å². The molecule has 1 aliphatic rings. The van der Waals surface area contributed by atoms with Gasteiger partial charge in [0.05, 0.1) is 18.5 Å². The topological polar surface area (TPSA) is 79.0 Å². The number of nitrogens with two attached hydrogens (primary N) is 1. The lowest BCUT2D eigenvalue weighted by Gasteiger charge is -2.42. The number of nitrogen functional groups attached to an aromatic ring is 1. The van der Waals surface area contributed by atoms with Crippen molar-refractivity contribution < 1.29 is 14.6 Å². The number of carboxylic acids is 1. The minimum Gasteiger partial charge on any atom is -0.495 e. The Bertz CT molecular complexity index is 553. The Labute approximate surface area is 151 Å². The number of thioether (sulfide) groups is 2. The van der Waals surface area contributed by atoms with Gasteiger partial charge in [0.25, 0.3) is 0 Å². The van der Waals surface area contributed by atoms with E-state index < -0.39 is 12.0 Å². The van der Waals surface area contributed by atoms with Crippen LogP contribution in [0.1, 0.15) is 6.42 Å². The van der Waals surface area contributed by atoms with Gasteiger partial charge < -0.3 is 15.6 Å². The summed E-state index contributed by atoms with van der Waals surface area (Å²) >= 11 is 3.55. The molecule has 1 aromatic carbocycles. The van der Waals surface area contributed by atoms with Crippen LogP contribution in [0.5, 0.6) is 5.75 Å². The smallest absolute Gasteiger partial charge is 0.327 e. The fourth-order valence-electron chi connectivity index (χ4n) is 2.73. The molecule has 0 radical (unpaired) electrons. The SMILES string of the molecule is COc1cc(N([C@@H](CCSC)C(=O)O)N2CCSCC2)ccc1N. The molecule has 2 rings (SSSR count). The standard InChI is InChI=1S/C16H25N3O3S2/c1-22-15-11-12(3-4-13(15)17)19(18-6-9-24-10-7-18)14(16(20)21)5-8-23-2/h3-4,11,14H,5-10,17H2,1-2H3,(H,20,21)/t14-/m0/s1. The minimum absolute atomic E-state index is 0.548. The molecule has 0 bridgehead atoms. The number of carbonyl (C=O) groups is 1. The number of anilines is 2. The molecule has 1 fully saturated rings. The number of rotatable bonds is 8. The molecular formula is C16H25N3O3S2. The first-order valence-corrected chi connectivity index (χ1v) is 10.4. The molecule has 1 aliphatic heterocycles. The van der Waals surface area contributed by atoms with E-state index in [-0.39, 0.29) is 0 Å². The number of carboxylic acid groups (broad SMARTS) is 1. The Morgan fingerprint density at radius 3 is 2.79 bits per heavy atom. The van der Waals surface area contributed by atoms with Crippen LogP contribution in [-0.2, 0) is 4.79 Å². The minimum atomic E-state index is -0.807. The molecule has 3 N–H and O–H groups in total. The zero-order valence-corrected chi connectivity index (χ0v) is 15.7. The molecule has 6 nitrogen and oxygen atoms in total. The van der Waals surface area contributed by atoms with Gasteiger partial charge >= 0.3 is 5.97 Å². The Morgan fingerprint density at radius 2 is 2.21 bits per heavy atom. The van der Waals surface area contributed by atoms with Crippen LogP contribution in [0, 0.1) is 0 Å². The van der Waals surface area contributed by atoms with Crippen LogP contribution in [0.2, 0.25) is 0 Å². The molecule has 1 heterocycles. The predicted octanol–water partition coefficient (Wildman–Crippen LogP) is 2.25. The van der Waals surface area contributed by atoms with E-state index >= 15 is 0 Å². The molecule has 0 aliphatic carbocycles. The second kappa shape index (κ2) is 9.29. The molecule has 1 atom stereocenters. The van der Waals surface area contributed by atoms with Gasteiger partial charge in [0, 0.05) is 30.7 Å². The van der Waals surface area contributed by atoms with Crippen LogP contribution in [0.15, 0.2) is 18.2 Å². The zero-order valence-electron chi connectivity index (χ0n) is 14.1. The highest BCUT2D eigenvalue weighted by molar-refractivity contribution is 7.99. The van der Waals surface area contributed by atoms with Gasteiger partial charge in [-0.2, -0.15) is 23.5 Å². The molecule has 24 heavy (non-hydrogen) atoms. The second-order valence-electron chi connectivity index (χ2n) is 5.47. The van der Waals surface area contributed by atoms with Gasteiger partial charge in [-0.05, 0) is 30.6 Å². The average molecular weight is 372 g/mol. The lowest BCUT2D eigenvalue weighted by Crippen LogP contribution is -2.55. The van der Waals surface area contributed by atoms with E-state index in [1.54, 1.807) is 24.9 Å². The van der Waals surface area contributed by atoms with E-state index in [2.05, 4.69) is 5.01 Å². The lowest BCUT2D eigenvalue weighted by molar-refractivity contribution is -0.139. The van der Waals surface area contributed by atoms with Crippen molar-refractivity contribution in [2.24, 2.45) is 0 Å². The van der Waals surface area contributed by atoms with Crippen molar-refractivity contribution in [3.05, 3.63) is 18.2 Å². The molecule has 1 saturated heterocycles. The molecule has 0 aromatic heterocycles. The molecule has 0 saturated carbocycles. The highest BCUT2D eigenvalue weighted by Crippen LogP contribution is 2.31. The van der Waals surface area contributed by atoms with Crippen molar-refractivity contribution in [2.45, 2.75) is 12.5 Å². The third-order valence-electron chi connectivity index (χ3n) is 3.95. The van der Waals surface area contributed by atoms with Gasteiger partial charge in [-0.1, -0.05) is 0 Å². The number of ether oxygens (including phenoxy) is 1. The second-order valence-corrected chi connectivity index (χ2v) is 7.68. The Morgan fingerprint density at radius 1 is 1.50 bits per heavy atom. The van der Waals surface area contributed by atoms with Crippen LogP contribution in [-0.4, -0.2) is 65.8 Å². The quantitative estimate of drug-likeness (QED) is 0.674. The van der Waals surface area contributed by atoms with E-state index in [0.717, 1.165) is 36.0 Å². The highest BCUT2D eigenvalue weighted by Gasteiger charge is 2.31. The van der Waals surface area contributed by atoms with E-state index in [1.807, 2.05) is 35.2 Å². The maximum absolute atomic E-state index is 11.9. The summed E-state index contributed by atoms with van der Waals surface area (Å²) in [6, 6.07) is 4.86. The number of hydrazine groups is 1. The summed E-state index contributed by atoms with van der Waals surface area (Å²) in [5.41, 5.74) is 7.27. The Kier molecular flexibility index (Phi) is 7.39. The monoisotopic (exact) mass is 371 g/mol. The van der Waals surface area contributed by atoms with Gasteiger partial charge in [0.1, 0.15) is 11.8 Å². The fourth-order valence-corrected chi connectivity index (χ4v) is 4.07. The Hall–Kier alpha value is -1.25. The normalized spacial score (nSPS) is 16.6. The first kappa shape index (κ1) is 19.1. The van der Waals surface area contributed by atoms with Crippen LogP contribution in [0.4, 0.5) is 11.4 Å². The van der Waals surface area contributed by atoms with Crippen molar-refractivity contribution in [1.29, 1.82) is 0 Å². The number of aliphatic carboxylic acids is 1. The summed E-state index contributed by atoms with van der Waals surface area (Å²) in [6.45, 7) is 1.67. The van der Waals surface area contributed by atoms with Crippen LogP contribution >= 0.6 is 23.5 Å². The first-order valence-electron chi connectivity index (χ1n) is 7.85. The average Bonchev–Trinajstić information content (AvgIpc) is 2.60. The van der Waals surface area contributed by atoms with Gasteiger partial charge in [0.2, 0.25) is 0 Å². The first-order chi connectivity index (χ1) is 11.6. The summed E-state index contributed by atoms with van der Waals surface area (Å²) in [6.07, 6.45) is 2.57. The maximum Gasteiger partial charge on any atom is 0.327 e. The largest absolute Gasteiger partial charge is 0.495 e. The molecular weight excluding hydrogens is 346 g/mol. The van der Waals surface area contributed by atoms with E-state index in [0.29, 0.717) is 17.9 Å². The molecule has 8 heteroatoms. The number of nitrogens with zero attached hydrogens (tertiary/aromatic N) is 2. The van der Waals surface area contributed by atoms with Crippen LogP contribution in [0.25, 0.3) is 0 Å². The molecule has 0 spiro atoms. The van der Waals surface area contributed by atoms with Gasteiger partial charge in [0.15, 0.2) is 0 Å². The number of hydrogen-bond donors (Lipinski definition) is 2. The van der Waals surface area contributed by atoms with Crippen molar-refractivity contribution in [2.75, 3.05) is 54.5 Å². The van der Waals surface area contributed by atoms with Crippen LogP contribution < -0.4 is 15.5 Å². The summed E-state index contributed by atoms with van der Waals surface area (Å²) in [5, 5.41) is 13.9.